The quantitative estimate of drug-likeness (QED) is 0.590. The molecule has 1 aliphatic heterocycles. The van der Waals surface area contributed by atoms with Gasteiger partial charge in [0.2, 0.25) is 0 Å². The molecular weight excluding hydrogens is 322 g/mol. The van der Waals surface area contributed by atoms with Gasteiger partial charge in [0.1, 0.15) is 11.5 Å². The van der Waals surface area contributed by atoms with Gasteiger partial charge in [0.15, 0.2) is 0 Å². The van der Waals surface area contributed by atoms with Gasteiger partial charge in [0.05, 0.1) is 12.6 Å². The van der Waals surface area contributed by atoms with Crippen molar-refractivity contribution < 1.29 is 4.74 Å². The van der Waals surface area contributed by atoms with Gasteiger partial charge in [0.25, 0.3) is 5.70 Å². The largest absolute Gasteiger partial charge is 0.457 e. The van der Waals surface area contributed by atoms with Crippen LogP contribution in [-0.4, -0.2) is 14.1 Å². The van der Waals surface area contributed by atoms with Crippen molar-refractivity contribution in [3.8, 4) is 11.8 Å². The van der Waals surface area contributed by atoms with Crippen LogP contribution in [0, 0.1) is 17.9 Å². The third-order valence-corrected chi connectivity index (χ3v) is 4.01. The van der Waals surface area contributed by atoms with Crippen LogP contribution in [0.25, 0.3) is 16.5 Å². The van der Waals surface area contributed by atoms with Crippen LogP contribution in [0.15, 0.2) is 72.1 Å². The molecule has 126 valence electrons. The molecule has 1 aliphatic rings. The fourth-order valence-corrected chi connectivity index (χ4v) is 2.64. The van der Waals surface area contributed by atoms with Crippen molar-refractivity contribution in [1.29, 1.82) is 5.26 Å². The molecule has 0 fully saturated rings. The minimum Gasteiger partial charge on any atom is -0.457 e. The number of anilines is 1. The lowest BCUT2D eigenvalue weighted by Crippen LogP contribution is -2.07. The Morgan fingerprint density at radius 3 is 2.50 bits per heavy atom. The van der Waals surface area contributed by atoms with Gasteiger partial charge in [-0.05, 0) is 35.9 Å². The molecule has 0 N–H and O–H groups in total. The molecule has 4 heteroatoms. The second-order valence-corrected chi connectivity index (χ2v) is 5.95. The number of ether oxygens (including phenoxy) is 1. The first-order valence-electron chi connectivity index (χ1n) is 8.08. The second kappa shape index (κ2) is 7.42. The molecule has 0 saturated carbocycles. The molecule has 0 unspecified atom stereocenters. The molecule has 26 heavy (non-hydrogen) atoms. The lowest BCUT2D eigenvalue weighted by molar-refractivity contribution is 0.439. The molecule has 2 aromatic carbocycles. The van der Waals surface area contributed by atoms with Gasteiger partial charge in [-0.25, -0.2) is 10.1 Å². The van der Waals surface area contributed by atoms with Gasteiger partial charge in [-0.3, -0.25) is 0 Å². The van der Waals surface area contributed by atoms with Gasteiger partial charge >= 0.3 is 0 Å². The van der Waals surface area contributed by atoms with Crippen molar-refractivity contribution in [2.24, 2.45) is 0 Å². The number of para-hydroxylation sites is 1. The van der Waals surface area contributed by atoms with E-state index >= 15 is 0 Å². The highest BCUT2D eigenvalue weighted by Crippen LogP contribution is 2.36. The van der Waals surface area contributed by atoms with Crippen molar-refractivity contribution in [2.45, 2.75) is 0 Å². The van der Waals surface area contributed by atoms with Crippen molar-refractivity contribution in [3.63, 3.8) is 0 Å². The van der Waals surface area contributed by atoms with E-state index in [2.05, 4.69) is 4.85 Å². The number of rotatable bonds is 3. The molecule has 0 bridgehead atoms. The number of fused-ring (bicyclic) bond motifs is 1. The maximum absolute atomic E-state index is 9.26. The second-order valence-electron chi connectivity index (χ2n) is 5.95. The Morgan fingerprint density at radius 2 is 1.85 bits per heavy atom. The SMILES string of the molecule is [C-]#[N+]/C(C#N)=C1C=C(/C=C/c2ccc(N(C)C)cc2)Oc2ccccc2/1. The summed E-state index contributed by atoms with van der Waals surface area (Å²) in [6.07, 6.45) is 5.53. The van der Waals surface area contributed by atoms with E-state index in [9.17, 15) is 5.26 Å². The van der Waals surface area contributed by atoms with E-state index < -0.39 is 0 Å². The molecule has 0 aromatic heterocycles. The molecule has 0 amide bonds. The minimum absolute atomic E-state index is 0.0574. The standard InChI is InChI=1S/C22H17N3O/c1-24-21(15-23)20-14-18(26-22-7-5-4-6-19(20)22)13-10-16-8-11-17(12-9-16)25(2)3/h4-14H,2-3H3/b13-10+,21-20-. The molecule has 0 aliphatic carbocycles. The average molecular weight is 339 g/mol. The Bertz CT molecular complexity index is 981. The van der Waals surface area contributed by atoms with Crippen LogP contribution in [0.1, 0.15) is 11.1 Å². The van der Waals surface area contributed by atoms with Gasteiger partial charge in [0, 0.05) is 30.9 Å². The molecule has 0 saturated heterocycles. The number of nitrogens with zero attached hydrogens (tertiary/aromatic N) is 3. The molecule has 4 nitrogen and oxygen atoms in total. The summed E-state index contributed by atoms with van der Waals surface area (Å²) in [7, 11) is 4.00. The highest BCUT2D eigenvalue weighted by Gasteiger charge is 2.18. The van der Waals surface area contributed by atoms with Crippen LogP contribution in [-0.2, 0) is 0 Å². The van der Waals surface area contributed by atoms with E-state index in [0.717, 1.165) is 16.8 Å². The van der Waals surface area contributed by atoms with E-state index in [0.29, 0.717) is 17.1 Å². The topological polar surface area (TPSA) is 40.6 Å². The summed E-state index contributed by atoms with van der Waals surface area (Å²) in [6.45, 7) is 7.25. The van der Waals surface area contributed by atoms with Gasteiger partial charge in [-0.1, -0.05) is 36.4 Å². The highest BCUT2D eigenvalue weighted by molar-refractivity contribution is 5.85. The summed E-state index contributed by atoms with van der Waals surface area (Å²) >= 11 is 0. The highest BCUT2D eigenvalue weighted by atomic mass is 16.5. The van der Waals surface area contributed by atoms with Crippen LogP contribution in [0.2, 0.25) is 0 Å². The number of hydrogen-bond acceptors (Lipinski definition) is 3. The van der Waals surface area contributed by atoms with Crippen molar-refractivity contribution in [2.75, 3.05) is 19.0 Å². The average Bonchev–Trinajstić information content (AvgIpc) is 2.67. The van der Waals surface area contributed by atoms with E-state index in [4.69, 9.17) is 11.3 Å². The number of benzene rings is 2. The number of nitriles is 1. The fourth-order valence-electron chi connectivity index (χ4n) is 2.64. The van der Waals surface area contributed by atoms with Crippen LogP contribution >= 0.6 is 0 Å². The normalized spacial score (nSPS) is 14.5. The van der Waals surface area contributed by atoms with E-state index in [1.165, 1.54) is 0 Å². The molecule has 1 heterocycles. The van der Waals surface area contributed by atoms with Crippen molar-refractivity contribution >= 4 is 17.3 Å². The first kappa shape index (κ1) is 17.1. The summed E-state index contributed by atoms with van der Waals surface area (Å²) in [5.41, 5.74) is 3.57. The third kappa shape index (κ3) is 3.50. The monoisotopic (exact) mass is 339 g/mol. The van der Waals surface area contributed by atoms with Crippen LogP contribution in [0.4, 0.5) is 5.69 Å². The summed E-state index contributed by atoms with van der Waals surface area (Å²) in [5.74, 6) is 1.23. The first-order valence-corrected chi connectivity index (χ1v) is 8.08. The van der Waals surface area contributed by atoms with Gasteiger partial charge < -0.3 is 9.64 Å². The number of hydrogen-bond donors (Lipinski definition) is 0. The molecule has 0 radical (unpaired) electrons. The maximum Gasteiger partial charge on any atom is 0.269 e. The van der Waals surface area contributed by atoms with E-state index in [1.807, 2.05) is 85.7 Å². The van der Waals surface area contributed by atoms with Gasteiger partial charge in [-0.15, -0.1) is 0 Å². The molecule has 0 atom stereocenters. The number of allylic oxidation sites excluding steroid dienone is 4. The smallest absolute Gasteiger partial charge is 0.269 e. The predicted octanol–water partition coefficient (Wildman–Crippen LogP) is 4.90. The summed E-state index contributed by atoms with van der Waals surface area (Å²) in [6, 6.07) is 17.5. The lowest BCUT2D eigenvalue weighted by atomic mass is 9.99. The predicted molar refractivity (Wildman–Crippen MR) is 104 cm³/mol. The van der Waals surface area contributed by atoms with Gasteiger partial charge in [-0.2, -0.15) is 0 Å². The molecule has 2 aromatic rings. The van der Waals surface area contributed by atoms with Crippen molar-refractivity contribution in [3.05, 3.63) is 94.7 Å². The molecular formula is C22H17N3O. The Labute approximate surface area is 153 Å². The Kier molecular flexibility index (Phi) is 4.87. The Morgan fingerprint density at radius 1 is 1.12 bits per heavy atom. The zero-order valence-electron chi connectivity index (χ0n) is 14.6. The molecule has 3 rings (SSSR count). The zero-order valence-corrected chi connectivity index (χ0v) is 14.6. The first-order chi connectivity index (χ1) is 12.6. The summed E-state index contributed by atoms with van der Waals surface area (Å²) in [5, 5.41) is 9.26. The van der Waals surface area contributed by atoms with E-state index in [-0.39, 0.29) is 5.70 Å². The van der Waals surface area contributed by atoms with E-state index in [1.54, 1.807) is 6.08 Å². The van der Waals surface area contributed by atoms with Crippen LogP contribution in [0.3, 0.4) is 0 Å². The van der Waals surface area contributed by atoms with Crippen LogP contribution in [0.5, 0.6) is 5.75 Å². The lowest BCUT2D eigenvalue weighted by Gasteiger charge is -2.18. The third-order valence-electron chi connectivity index (χ3n) is 4.01. The Balaban J connectivity index is 1.95. The van der Waals surface area contributed by atoms with Crippen molar-refractivity contribution in [1.82, 2.24) is 0 Å². The summed E-state index contributed by atoms with van der Waals surface area (Å²) < 4.78 is 5.90. The summed E-state index contributed by atoms with van der Waals surface area (Å²) in [4.78, 5) is 5.39. The Hall–Kier alpha value is -3.76. The fraction of sp³-hybridized carbons (Fsp3) is 0.0909. The molecule has 0 spiro atoms. The maximum atomic E-state index is 9.26. The minimum atomic E-state index is 0.0574. The van der Waals surface area contributed by atoms with Crippen LogP contribution < -0.4 is 9.64 Å². The zero-order chi connectivity index (χ0) is 18.5.